The smallest absolute Gasteiger partial charge is 0.159 e. The molecule has 0 bridgehead atoms. The van der Waals surface area contributed by atoms with Crippen molar-refractivity contribution in [1.29, 1.82) is 0 Å². The molecule has 6 heteroatoms. The Morgan fingerprint density at radius 3 is 2.43 bits per heavy atom. The van der Waals surface area contributed by atoms with Crippen molar-refractivity contribution in [3.63, 3.8) is 0 Å². The summed E-state index contributed by atoms with van der Waals surface area (Å²) < 4.78 is 1.96. The third-order valence-electron chi connectivity index (χ3n) is 3.19. The second-order valence-electron chi connectivity index (χ2n) is 5.94. The average molecular weight is 282 g/mol. The Morgan fingerprint density at radius 1 is 1.10 bits per heavy atom. The van der Waals surface area contributed by atoms with Crippen molar-refractivity contribution in [2.75, 3.05) is 0 Å². The van der Waals surface area contributed by atoms with Crippen LogP contribution in [0.25, 0.3) is 22.8 Å². The number of aromatic amines is 1. The Labute approximate surface area is 123 Å². The molecule has 108 valence electrons. The van der Waals surface area contributed by atoms with Crippen LogP contribution in [0.15, 0.2) is 30.6 Å². The van der Waals surface area contributed by atoms with E-state index in [0.29, 0.717) is 0 Å². The van der Waals surface area contributed by atoms with Gasteiger partial charge in [0, 0.05) is 11.1 Å². The van der Waals surface area contributed by atoms with E-state index in [1.807, 2.05) is 35.9 Å². The highest BCUT2D eigenvalue weighted by Crippen LogP contribution is 2.31. The molecule has 1 N–H and O–H groups in total. The summed E-state index contributed by atoms with van der Waals surface area (Å²) in [6.07, 6.45) is 1.51. The summed E-state index contributed by atoms with van der Waals surface area (Å²) in [5, 5.41) is 11.4. The van der Waals surface area contributed by atoms with E-state index in [2.05, 4.69) is 46.0 Å². The van der Waals surface area contributed by atoms with Crippen LogP contribution in [0.5, 0.6) is 0 Å². The lowest BCUT2D eigenvalue weighted by atomic mass is 10.0. The second-order valence-corrected chi connectivity index (χ2v) is 5.94. The van der Waals surface area contributed by atoms with E-state index in [0.717, 1.165) is 28.6 Å². The number of H-pyrrole nitrogens is 1. The maximum Gasteiger partial charge on any atom is 0.159 e. The second kappa shape index (κ2) is 4.80. The van der Waals surface area contributed by atoms with Crippen LogP contribution in [0.1, 0.15) is 26.6 Å². The fraction of sp³-hybridized carbons (Fsp3) is 0.333. The van der Waals surface area contributed by atoms with E-state index in [1.165, 1.54) is 6.33 Å². The molecule has 0 fully saturated rings. The van der Waals surface area contributed by atoms with Gasteiger partial charge in [0.1, 0.15) is 12.2 Å². The van der Waals surface area contributed by atoms with Crippen LogP contribution in [0.4, 0.5) is 0 Å². The normalized spacial score (nSPS) is 11.8. The first-order valence-electron chi connectivity index (χ1n) is 6.86. The minimum absolute atomic E-state index is 0.148. The third kappa shape index (κ3) is 2.44. The Kier molecular flexibility index (Phi) is 3.08. The summed E-state index contributed by atoms with van der Waals surface area (Å²) in [6.45, 7) is 8.24. The minimum atomic E-state index is -0.148. The van der Waals surface area contributed by atoms with Crippen molar-refractivity contribution < 1.29 is 0 Å². The third-order valence-corrected chi connectivity index (χ3v) is 3.19. The van der Waals surface area contributed by atoms with Crippen LogP contribution in [0.2, 0.25) is 0 Å². The fourth-order valence-corrected chi connectivity index (χ4v) is 2.28. The van der Waals surface area contributed by atoms with Crippen molar-refractivity contribution in [3.05, 3.63) is 36.4 Å². The molecule has 0 aliphatic heterocycles. The first-order chi connectivity index (χ1) is 9.97. The SMILES string of the molecule is Cc1nc(-c2ccccc2-c2ncn[nH]2)n(C(C)(C)C)n1. The summed E-state index contributed by atoms with van der Waals surface area (Å²) in [5.74, 6) is 2.33. The highest BCUT2D eigenvalue weighted by molar-refractivity contribution is 5.77. The number of aromatic nitrogens is 6. The fourth-order valence-electron chi connectivity index (χ4n) is 2.28. The zero-order valence-corrected chi connectivity index (χ0v) is 12.6. The molecule has 3 aromatic rings. The monoisotopic (exact) mass is 282 g/mol. The van der Waals surface area contributed by atoms with Gasteiger partial charge in [0.05, 0.1) is 5.54 Å². The summed E-state index contributed by atoms with van der Waals surface area (Å²) in [4.78, 5) is 8.85. The van der Waals surface area contributed by atoms with Gasteiger partial charge in [-0.15, -0.1) is 0 Å². The summed E-state index contributed by atoms with van der Waals surface area (Å²) >= 11 is 0. The predicted octanol–water partition coefficient (Wildman–Crippen LogP) is 2.79. The van der Waals surface area contributed by atoms with E-state index in [9.17, 15) is 0 Å². The molecule has 0 unspecified atom stereocenters. The Hall–Kier alpha value is -2.50. The first kappa shape index (κ1) is 13.5. The maximum atomic E-state index is 4.61. The van der Waals surface area contributed by atoms with Crippen molar-refractivity contribution in [3.8, 4) is 22.8 Å². The molecule has 0 aliphatic carbocycles. The molecule has 2 aromatic heterocycles. The number of rotatable bonds is 2. The Balaban J connectivity index is 2.23. The number of hydrogen-bond acceptors (Lipinski definition) is 4. The standard InChI is InChI=1S/C15H18N6/c1-10-18-14(21(20-10)15(2,3)4)12-8-6-5-7-11(12)13-16-9-17-19-13/h5-9H,1-4H3,(H,16,17,19). The van der Waals surface area contributed by atoms with Crippen molar-refractivity contribution in [2.24, 2.45) is 0 Å². The quantitative estimate of drug-likeness (QED) is 0.784. The minimum Gasteiger partial charge on any atom is -0.259 e. The van der Waals surface area contributed by atoms with Crippen molar-refractivity contribution in [2.45, 2.75) is 33.2 Å². The summed E-state index contributed by atoms with van der Waals surface area (Å²) in [5.41, 5.74) is 1.81. The molecule has 0 saturated heterocycles. The van der Waals surface area contributed by atoms with Gasteiger partial charge in [-0.25, -0.2) is 14.6 Å². The van der Waals surface area contributed by atoms with E-state index in [4.69, 9.17) is 0 Å². The molecular formula is C15H18N6. The highest BCUT2D eigenvalue weighted by Gasteiger charge is 2.23. The molecule has 0 radical (unpaired) electrons. The zero-order chi connectivity index (χ0) is 15.0. The van der Waals surface area contributed by atoms with Gasteiger partial charge in [-0.3, -0.25) is 5.10 Å². The lowest BCUT2D eigenvalue weighted by Gasteiger charge is -2.21. The Morgan fingerprint density at radius 2 is 1.81 bits per heavy atom. The molecule has 0 atom stereocenters. The van der Waals surface area contributed by atoms with Gasteiger partial charge < -0.3 is 0 Å². The van der Waals surface area contributed by atoms with Crippen LogP contribution >= 0.6 is 0 Å². The summed E-state index contributed by atoms with van der Waals surface area (Å²) in [6, 6.07) is 8.01. The topological polar surface area (TPSA) is 72.3 Å². The van der Waals surface area contributed by atoms with Gasteiger partial charge in [-0.05, 0) is 27.7 Å². The lowest BCUT2D eigenvalue weighted by Crippen LogP contribution is -2.24. The molecule has 0 saturated carbocycles. The molecule has 6 nitrogen and oxygen atoms in total. The van der Waals surface area contributed by atoms with Crippen LogP contribution < -0.4 is 0 Å². The van der Waals surface area contributed by atoms with Crippen LogP contribution in [-0.4, -0.2) is 29.9 Å². The molecule has 0 spiro atoms. The van der Waals surface area contributed by atoms with Gasteiger partial charge in [-0.2, -0.15) is 10.2 Å². The van der Waals surface area contributed by atoms with E-state index in [-0.39, 0.29) is 5.54 Å². The molecule has 2 heterocycles. The molecule has 1 aromatic carbocycles. The van der Waals surface area contributed by atoms with Gasteiger partial charge in [0.25, 0.3) is 0 Å². The molecule has 0 amide bonds. The van der Waals surface area contributed by atoms with E-state index in [1.54, 1.807) is 0 Å². The lowest BCUT2D eigenvalue weighted by molar-refractivity contribution is 0.358. The number of aryl methyl sites for hydroxylation is 1. The number of nitrogens with zero attached hydrogens (tertiary/aromatic N) is 5. The molecule has 0 aliphatic rings. The molecule has 21 heavy (non-hydrogen) atoms. The van der Waals surface area contributed by atoms with Gasteiger partial charge in [-0.1, -0.05) is 24.3 Å². The zero-order valence-electron chi connectivity index (χ0n) is 12.6. The Bertz CT molecular complexity index is 749. The number of benzene rings is 1. The molecule has 3 rings (SSSR count). The summed E-state index contributed by atoms with van der Waals surface area (Å²) in [7, 11) is 0. The van der Waals surface area contributed by atoms with Crippen LogP contribution in [-0.2, 0) is 5.54 Å². The van der Waals surface area contributed by atoms with Crippen LogP contribution in [0, 0.1) is 6.92 Å². The van der Waals surface area contributed by atoms with Crippen LogP contribution in [0.3, 0.4) is 0 Å². The van der Waals surface area contributed by atoms with Crippen molar-refractivity contribution >= 4 is 0 Å². The van der Waals surface area contributed by atoms with Gasteiger partial charge in [0.2, 0.25) is 0 Å². The molecular weight excluding hydrogens is 264 g/mol. The number of hydrogen-bond donors (Lipinski definition) is 1. The van der Waals surface area contributed by atoms with E-state index < -0.39 is 0 Å². The van der Waals surface area contributed by atoms with Gasteiger partial charge >= 0.3 is 0 Å². The predicted molar refractivity (Wildman–Crippen MR) is 80.6 cm³/mol. The largest absolute Gasteiger partial charge is 0.259 e. The van der Waals surface area contributed by atoms with E-state index >= 15 is 0 Å². The number of nitrogens with one attached hydrogen (secondary N) is 1. The maximum absolute atomic E-state index is 4.61. The van der Waals surface area contributed by atoms with Crippen molar-refractivity contribution in [1.82, 2.24) is 29.9 Å². The highest BCUT2D eigenvalue weighted by atomic mass is 15.4. The first-order valence-corrected chi connectivity index (χ1v) is 6.86. The average Bonchev–Trinajstić information content (AvgIpc) is 3.07. The van der Waals surface area contributed by atoms with Gasteiger partial charge in [0.15, 0.2) is 11.6 Å².